The molecule has 0 fully saturated rings. The average molecular weight is 318 g/mol. The lowest BCUT2D eigenvalue weighted by molar-refractivity contribution is 0.252. The molecule has 1 rings (SSSR count). The molecule has 0 aliphatic heterocycles. The number of nitrogens with two attached hydrogens (primary N) is 1. The van der Waals surface area contributed by atoms with Crippen LogP contribution in [0.2, 0.25) is 0 Å². The first kappa shape index (κ1) is 17.7. The second-order valence-corrected chi connectivity index (χ2v) is 7.76. The molecular formula is C14H23FN2O3S. The molecule has 0 saturated heterocycles. The molecular weight excluding hydrogens is 295 g/mol. The zero-order valence-corrected chi connectivity index (χ0v) is 13.8. The molecule has 7 heteroatoms. The number of halogens is 1. The van der Waals surface area contributed by atoms with Gasteiger partial charge in [-0.05, 0) is 23.5 Å². The van der Waals surface area contributed by atoms with E-state index in [1.54, 1.807) is 0 Å². The van der Waals surface area contributed by atoms with E-state index in [0.29, 0.717) is 0 Å². The number of sulfonamides is 1. The van der Waals surface area contributed by atoms with Gasteiger partial charge in [0, 0.05) is 6.54 Å². The number of benzene rings is 1. The fourth-order valence-corrected chi connectivity index (χ4v) is 2.80. The second-order valence-electron chi connectivity index (χ2n) is 6.00. The third-order valence-corrected chi connectivity index (χ3v) is 5.22. The monoisotopic (exact) mass is 318 g/mol. The summed E-state index contributed by atoms with van der Waals surface area (Å²) in [6.07, 6.45) is 0. The molecule has 5 nitrogen and oxygen atoms in total. The summed E-state index contributed by atoms with van der Waals surface area (Å²) in [4.78, 5) is -0.210. The van der Waals surface area contributed by atoms with Gasteiger partial charge in [0.1, 0.15) is 0 Å². The van der Waals surface area contributed by atoms with E-state index in [-0.39, 0.29) is 34.2 Å². The number of methoxy groups -OCH3 is 1. The van der Waals surface area contributed by atoms with Gasteiger partial charge in [-0.15, -0.1) is 0 Å². The second kappa shape index (κ2) is 6.19. The predicted molar refractivity (Wildman–Crippen MR) is 81.2 cm³/mol. The zero-order chi connectivity index (χ0) is 16.4. The number of nitrogens with one attached hydrogen (secondary N) is 1. The van der Waals surface area contributed by atoms with Gasteiger partial charge < -0.3 is 10.5 Å². The van der Waals surface area contributed by atoms with E-state index in [1.807, 2.05) is 27.7 Å². The Morgan fingerprint density at radius 1 is 1.38 bits per heavy atom. The number of rotatable bonds is 6. The highest BCUT2D eigenvalue weighted by Crippen LogP contribution is 2.29. The highest BCUT2D eigenvalue weighted by atomic mass is 32.2. The summed E-state index contributed by atoms with van der Waals surface area (Å²) in [7, 11) is -2.55. The van der Waals surface area contributed by atoms with Gasteiger partial charge in [0.25, 0.3) is 0 Å². The fourth-order valence-electron chi connectivity index (χ4n) is 1.53. The number of anilines is 1. The van der Waals surface area contributed by atoms with Crippen LogP contribution >= 0.6 is 0 Å². The minimum absolute atomic E-state index is 0.0546. The third kappa shape index (κ3) is 4.07. The summed E-state index contributed by atoms with van der Waals surface area (Å²) < 4.78 is 45.5. The molecule has 1 aromatic rings. The molecule has 0 bridgehead atoms. The van der Waals surface area contributed by atoms with Gasteiger partial charge in [-0.2, -0.15) is 0 Å². The lowest BCUT2D eigenvalue weighted by Gasteiger charge is -2.29. The Kier molecular flexibility index (Phi) is 5.22. The molecule has 0 aliphatic rings. The highest BCUT2D eigenvalue weighted by Gasteiger charge is 2.26. The molecule has 0 aliphatic carbocycles. The maximum Gasteiger partial charge on any atom is 0.240 e. The van der Waals surface area contributed by atoms with Gasteiger partial charge in [0.15, 0.2) is 11.6 Å². The Balaban J connectivity index is 3.05. The normalized spacial score (nSPS) is 12.7. The molecule has 3 N–H and O–H groups in total. The van der Waals surface area contributed by atoms with Crippen LogP contribution in [-0.2, 0) is 10.0 Å². The Morgan fingerprint density at radius 3 is 2.38 bits per heavy atom. The molecule has 0 amide bonds. The lowest BCUT2D eigenvalue weighted by Crippen LogP contribution is -2.37. The summed E-state index contributed by atoms with van der Waals surface area (Å²) in [5.74, 6) is -0.671. The largest absolute Gasteiger partial charge is 0.492 e. The van der Waals surface area contributed by atoms with Crippen LogP contribution in [0.15, 0.2) is 17.0 Å². The smallest absolute Gasteiger partial charge is 0.240 e. The van der Waals surface area contributed by atoms with Crippen molar-refractivity contribution in [2.75, 3.05) is 19.4 Å². The van der Waals surface area contributed by atoms with Crippen molar-refractivity contribution < 1.29 is 17.5 Å². The lowest BCUT2D eigenvalue weighted by atomic mass is 9.81. The van der Waals surface area contributed by atoms with Crippen LogP contribution in [0.5, 0.6) is 5.75 Å². The van der Waals surface area contributed by atoms with Gasteiger partial charge in [-0.25, -0.2) is 17.5 Å². The Morgan fingerprint density at radius 2 is 1.95 bits per heavy atom. The molecule has 0 spiro atoms. The Bertz CT molecular complexity index is 590. The first-order chi connectivity index (χ1) is 9.51. The van der Waals surface area contributed by atoms with E-state index in [1.165, 1.54) is 13.2 Å². The fraction of sp³-hybridized carbons (Fsp3) is 0.571. The Labute approximate surface area is 125 Å². The quantitative estimate of drug-likeness (QED) is 0.789. The van der Waals surface area contributed by atoms with E-state index in [2.05, 4.69) is 4.72 Å². The predicted octanol–water partition coefficient (Wildman–Crippen LogP) is 2.38. The molecule has 1 aromatic carbocycles. The van der Waals surface area contributed by atoms with E-state index in [4.69, 9.17) is 10.5 Å². The molecule has 0 atom stereocenters. The zero-order valence-electron chi connectivity index (χ0n) is 13.0. The van der Waals surface area contributed by atoms with Crippen LogP contribution in [-0.4, -0.2) is 22.1 Å². The number of hydrogen-bond donors (Lipinski definition) is 2. The van der Waals surface area contributed by atoms with Crippen molar-refractivity contribution in [2.45, 2.75) is 32.6 Å². The highest BCUT2D eigenvalue weighted by molar-refractivity contribution is 7.89. The molecule has 0 saturated carbocycles. The third-order valence-electron chi connectivity index (χ3n) is 3.84. The van der Waals surface area contributed by atoms with Crippen LogP contribution in [0.1, 0.15) is 27.7 Å². The van der Waals surface area contributed by atoms with Crippen LogP contribution in [0.3, 0.4) is 0 Å². The molecule has 0 unspecified atom stereocenters. The van der Waals surface area contributed by atoms with Crippen LogP contribution in [0.4, 0.5) is 10.1 Å². The van der Waals surface area contributed by atoms with Crippen molar-refractivity contribution in [1.29, 1.82) is 0 Å². The van der Waals surface area contributed by atoms with E-state index in [0.717, 1.165) is 6.07 Å². The van der Waals surface area contributed by atoms with Crippen LogP contribution in [0.25, 0.3) is 0 Å². The summed E-state index contributed by atoms with van der Waals surface area (Å²) in [6, 6.07) is 2.09. The topological polar surface area (TPSA) is 81.4 Å². The number of hydrogen-bond acceptors (Lipinski definition) is 4. The van der Waals surface area contributed by atoms with Gasteiger partial charge in [-0.3, -0.25) is 0 Å². The molecule has 120 valence electrons. The molecule has 0 radical (unpaired) electrons. The van der Waals surface area contributed by atoms with Crippen molar-refractivity contribution in [3.05, 3.63) is 17.9 Å². The summed E-state index contributed by atoms with van der Waals surface area (Å²) in [6.45, 7) is 8.20. The standard InChI is InChI=1S/C14H23FN2O3S/c1-9(2)14(3,4)8-17-21(18,19)10-6-11(15)13(20-5)12(16)7-10/h6-7,9,17H,8,16H2,1-5H3. The van der Waals surface area contributed by atoms with Crippen molar-refractivity contribution in [3.63, 3.8) is 0 Å². The first-order valence-corrected chi connectivity index (χ1v) is 8.12. The molecule has 0 aromatic heterocycles. The summed E-state index contributed by atoms with van der Waals surface area (Å²) >= 11 is 0. The minimum atomic E-state index is -3.82. The van der Waals surface area contributed by atoms with Gasteiger partial charge in [-0.1, -0.05) is 27.7 Å². The van der Waals surface area contributed by atoms with E-state index in [9.17, 15) is 12.8 Å². The van der Waals surface area contributed by atoms with E-state index < -0.39 is 15.8 Å². The molecule has 0 heterocycles. The summed E-state index contributed by atoms with van der Waals surface area (Å²) in [5, 5.41) is 0. The minimum Gasteiger partial charge on any atom is -0.492 e. The number of nitrogen functional groups attached to an aromatic ring is 1. The first-order valence-electron chi connectivity index (χ1n) is 6.64. The van der Waals surface area contributed by atoms with Crippen molar-refractivity contribution >= 4 is 15.7 Å². The maximum absolute atomic E-state index is 13.7. The molecule has 21 heavy (non-hydrogen) atoms. The van der Waals surface area contributed by atoms with Crippen LogP contribution in [0, 0.1) is 17.2 Å². The van der Waals surface area contributed by atoms with Crippen molar-refractivity contribution in [3.8, 4) is 5.75 Å². The van der Waals surface area contributed by atoms with Crippen molar-refractivity contribution in [2.24, 2.45) is 11.3 Å². The SMILES string of the molecule is COc1c(N)cc(S(=O)(=O)NCC(C)(C)C(C)C)cc1F. The van der Waals surface area contributed by atoms with Gasteiger partial charge in [0.2, 0.25) is 10.0 Å². The number of ether oxygens (including phenoxy) is 1. The van der Waals surface area contributed by atoms with E-state index >= 15 is 0 Å². The van der Waals surface area contributed by atoms with Gasteiger partial charge >= 0.3 is 0 Å². The summed E-state index contributed by atoms with van der Waals surface area (Å²) in [5.41, 5.74) is 5.33. The maximum atomic E-state index is 13.7. The van der Waals surface area contributed by atoms with Crippen LogP contribution < -0.4 is 15.2 Å². The average Bonchev–Trinajstić information content (AvgIpc) is 2.36. The van der Waals surface area contributed by atoms with Gasteiger partial charge in [0.05, 0.1) is 17.7 Å². The Hall–Kier alpha value is -1.34. The van der Waals surface area contributed by atoms with Crippen molar-refractivity contribution in [1.82, 2.24) is 4.72 Å².